The third-order valence-electron chi connectivity index (χ3n) is 2.80. The predicted molar refractivity (Wildman–Crippen MR) is 55.9 cm³/mol. The van der Waals surface area contributed by atoms with Crippen LogP contribution in [-0.4, -0.2) is 61.8 Å². The zero-order valence-corrected chi connectivity index (χ0v) is 10.3. The van der Waals surface area contributed by atoms with Gasteiger partial charge in [-0.2, -0.15) is 22.0 Å². The summed E-state index contributed by atoms with van der Waals surface area (Å²) in [5, 5.41) is 1.58. The third-order valence-corrected chi connectivity index (χ3v) is 2.80. The minimum absolute atomic E-state index is 0.351. The topological polar surface area (TPSA) is 41.6 Å². The molecule has 9 heteroatoms. The van der Waals surface area contributed by atoms with E-state index in [1.165, 1.54) is 0 Å². The lowest BCUT2D eigenvalue weighted by Crippen LogP contribution is -2.54. The first-order chi connectivity index (χ1) is 8.68. The van der Waals surface area contributed by atoms with Crippen LogP contribution in [0.5, 0.6) is 0 Å². The molecule has 1 unspecified atom stereocenters. The largest absolute Gasteiger partial charge is 0.463 e. The molecule has 1 rings (SSSR count). The molecule has 0 aromatic rings. The van der Waals surface area contributed by atoms with Crippen LogP contribution in [0, 0.1) is 0 Å². The lowest BCUT2D eigenvalue weighted by molar-refractivity contribution is -0.269. The minimum Gasteiger partial charge on any atom is -0.374 e. The quantitative estimate of drug-likeness (QED) is 0.786. The summed E-state index contributed by atoms with van der Waals surface area (Å²) in [6.45, 7) is 3.63. The summed E-state index contributed by atoms with van der Waals surface area (Å²) in [4.78, 5) is 12.8. The molecule has 1 aliphatic heterocycles. The fourth-order valence-electron chi connectivity index (χ4n) is 1.64. The second-order valence-corrected chi connectivity index (χ2v) is 4.17. The molecule has 112 valence electrons. The number of nitrogens with zero attached hydrogens (tertiary/aromatic N) is 1. The van der Waals surface area contributed by atoms with Crippen LogP contribution < -0.4 is 5.32 Å². The molecule has 1 heterocycles. The van der Waals surface area contributed by atoms with Gasteiger partial charge in [-0.1, -0.05) is 6.92 Å². The van der Waals surface area contributed by atoms with Gasteiger partial charge in [-0.15, -0.1) is 0 Å². The van der Waals surface area contributed by atoms with Crippen molar-refractivity contribution >= 4 is 5.91 Å². The molecule has 0 aromatic heterocycles. The van der Waals surface area contributed by atoms with Gasteiger partial charge in [-0.3, -0.25) is 9.69 Å². The van der Waals surface area contributed by atoms with Crippen LogP contribution in [0.1, 0.15) is 6.92 Å². The van der Waals surface area contributed by atoms with E-state index in [1.807, 2.05) is 11.8 Å². The Bertz CT molecular complexity index is 322. The van der Waals surface area contributed by atoms with Crippen molar-refractivity contribution in [2.45, 2.75) is 25.1 Å². The van der Waals surface area contributed by atoms with Crippen molar-refractivity contribution in [3.8, 4) is 0 Å². The lowest BCUT2D eigenvalue weighted by Gasteiger charge is -2.32. The van der Waals surface area contributed by atoms with Gasteiger partial charge in [0.15, 0.2) is 0 Å². The summed E-state index contributed by atoms with van der Waals surface area (Å²) < 4.78 is 66.2. The molecule has 0 aromatic carbocycles. The number of likely N-dealkylation sites (N-methyl/N-ethyl adjacent to an activating group) is 1. The first kappa shape index (κ1) is 16.1. The summed E-state index contributed by atoms with van der Waals surface area (Å²) in [5.74, 6) is -7.73. The van der Waals surface area contributed by atoms with Crippen LogP contribution in [0.15, 0.2) is 0 Å². The van der Waals surface area contributed by atoms with Gasteiger partial charge < -0.3 is 10.1 Å². The van der Waals surface area contributed by atoms with Gasteiger partial charge in [-0.25, -0.2) is 0 Å². The molecule has 1 amide bonds. The zero-order valence-electron chi connectivity index (χ0n) is 10.3. The van der Waals surface area contributed by atoms with Crippen molar-refractivity contribution in [1.29, 1.82) is 0 Å². The normalized spacial score (nSPS) is 22.3. The number of rotatable bonds is 4. The summed E-state index contributed by atoms with van der Waals surface area (Å²) in [5.41, 5.74) is 0. The second-order valence-electron chi connectivity index (χ2n) is 4.17. The smallest absolute Gasteiger partial charge is 0.374 e. The average molecular weight is 290 g/mol. The first-order valence-electron chi connectivity index (χ1n) is 5.75. The van der Waals surface area contributed by atoms with Gasteiger partial charge >= 0.3 is 12.1 Å². The number of halogens is 5. The highest BCUT2D eigenvalue weighted by Crippen LogP contribution is 2.35. The highest BCUT2D eigenvalue weighted by Gasteiger charge is 2.63. The zero-order chi connectivity index (χ0) is 14.7. The molecule has 0 bridgehead atoms. The van der Waals surface area contributed by atoms with Crippen molar-refractivity contribution in [2.24, 2.45) is 0 Å². The van der Waals surface area contributed by atoms with Gasteiger partial charge in [0.1, 0.15) is 0 Å². The number of nitrogens with one attached hydrogen (secondary N) is 1. The molecule has 0 aliphatic carbocycles. The SMILES string of the molecule is CCN1CCOC(CNC(=O)C(F)(F)C(F)(F)F)C1. The number of hydrogen-bond donors (Lipinski definition) is 1. The van der Waals surface area contributed by atoms with Crippen LogP contribution in [0.3, 0.4) is 0 Å². The molecular formula is C10H15F5N2O2. The first-order valence-corrected chi connectivity index (χ1v) is 5.75. The van der Waals surface area contributed by atoms with Crippen molar-refractivity contribution < 1.29 is 31.5 Å². The Balaban J connectivity index is 2.46. The number of carbonyl (C=O) groups is 1. The highest BCUT2D eigenvalue weighted by atomic mass is 19.4. The van der Waals surface area contributed by atoms with Gasteiger partial charge in [0, 0.05) is 19.6 Å². The maximum atomic E-state index is 12.6. The van der Waals surface area contributed by atoms with Crippen molar-refractivity contribution in [1.82, 2.24) is 10.2 Å². The van der Waals surface area contributed by atoms with E-state index in [4.69, 9.17) is 4.74 Å². The fraction of sp³-hybridized carbons (Fsp3) is 0.900. The third kappa shape index (κ3) is 4.00. The second kappa shape index (κ2) is 6.00. The molecule has 1 N–H and O–H groups in total. The maximum absolute atomic E-state index is 12.6. The number of morpholine rings is 1. The highest BCUT2D eigenvalue weighted by molar-refractivity contribution is 5.84. The maximum Gasteiger partial charge on any atom is 0.463 e. The summed E-state index contributed by atoms with van der Waals surface area (Å²) in [6, 6.07) is 0. The van der Waals surface area contributed by atoms with E-state index < -0.39 is 24.1 Å². The van der Waals surface area contributed by atoms with E-state index in [-0.39, 0.29) is 6.54 Å². The average Bonchev–Trinajstić information content (AvgIpc) is 2.34. The van der Waals surface area contributed by atoms with Gasteiger partial charge in [-0.05, 0) is 6.54 Å². The summed E-state index contributed by atoms with van der Waals surface area (Å²) >= 11 is 0. The molecule has 19 heavy (non-hydrogen) atoms. The number of alkyl halides is 5. The van der Waals surface area contributed by atoms with Gasteiger partial charge in [0.25, 0.3) is 5.91 Å². The Morgan fingerprint density at radius 1 is 1.37 bits per heavy atom. The van der Waals surface area contributed by atoms with Crippen molar-refractivity contribution in [2.75, 3.05) is 32.8 Å². The van der Waals surface area contributed by atoms with E-state index >= 15 is 0 Å². The van der Waals surface area contributed by atoms with Crippen LogP contribution in [-0.2, 0) is 9.53 Å². The van der Waals surface area contributed by atoms with E-state index in [0.717, 1.165) is 0 Å². The fourth-order valence-corrected chi connectivity index (χ4v) is 1.64. The Kier molecular flexibility index (Phi) is 5.08. The van der Waals surface area contributed by atoms with Crippen LogP contribution in [0.25, 0.3) is 0 Å². The van der Waals surface area contributed by atoms with E-state index in [9.17, 15) is 26.7 Å². The van der Waals surface area contributed by atoms with Gasteiger partial charge in [0.2, 0.25) is 0 Å². The Morgan fingerprint density at radius 3 is 2.53 bits per heavy atom. The molecule has 1 saturated heterocycles. The predicted octanol–water partition coefficient (Wildman–Crippen LogP) is 1.02. The summed E-state index contributed by atoms with van der Waals surface area (Å²) in [6.07, 6.45) is -6.47. The Morgan fingerprint density at radius 2 is 2.00 bits per heavy atom. The molecule has 1 aliphatic rings. The van der Waals surface area contributed by atoms with Crippen LogP contribution in [0.4, 0.5) is 22.0 Å². The van der Waals surface area contributed by atoms with Crippen molar-refractivity contribution in [3.05, 3.63) is 0 Å². The molecule has 4 nitrogen and oxygen atoms in total. The molecular weight excluding hydrogens is 275 g/mol. The van der Waals surface area contributed by atoms with Crippen molar-refractivity contribution in [3.63, 3.8) is 0 Å². The number of amides is 1. The lowest BCUT2D eigenvalue weighted by atomic mass is 10.2. The summed E-state index contributed by atoms with van der Waals surface area (Å²) in [7, 11) is 0. The molecule has 0 radical (unpaired) electrons. The molecule has 1 atom stereocenters. The van der Waals surface area contributed by atoms with E-state index in [2.05, 4.69) is 0 Å². The number of ether oxygens (including phenoxy) is 1. The van der Waals surface area contributed by atoms with Crippen LogP contribution >= 0.6 is 0 Å². The van der Waals surface area contributed by atoms with E-state index in [0.29, 0.717) is 26.2 Å². The standard InChI is InChI=1S/C10H15F5N2O2/c1-2-17-3-4-19-7(6-17)5-16-8(18)9(11,12)10(13,14)15/h7H,2-6H2,1H3,(H,16,18). The Labute approximate surface area is 106 Å². The Hall–Kier alpha value is -0.960. The molecule has 0 spiro atoms. The molecule has 0 saturated carbocycles. The van der Waals surface area contributed by atoms with Crippen LogP contribution in [0.2, 0.25) is 0 Å². The van der Waals surface area contributed by atoms with E-state index in [1.54, 1.807) is 5.32 Å². The number of hydrogen-bond acceptors (Lipinski definition) is 3. The monoisotopic (exact) mass is 290 g/mol. The molecule has 1 fully saturated rings. The van der Waals surface area contributed by atoms with Gasteiger partial charge in [0.05, 0.1) is 12.7 Å². The number of carbonyl (C=O) groups excluding carboxylic acids is 1. The minimum atomic E-state index is -5.89.